The lowest BCUT2D eigenvalue weighted by molar-refractivity contribution is -0.118. The van der Waals surface area contributed by atoms with Crippen molar-refractivity contribution < 1.29 is 9.21 Å². The molecule has 24 heavy (non-hydrogen) atoms. The molecule has 3 rings (SSSR count). The Hall–Kier alpha value is -2.38. The number of halogens is 1. The molecule has 0 unspecified atom stereocenters. The quantitative estimate of drug-likeness (QED) is 0.680. The minimum atomic E-state index is -0.122. The van der Waals surface area contributed by atoms with Crippen molar-refractivity contribution in [2.75, 3.05) is 5.75 Å². The molecule has 0 spiro atoms. The summed E-state index contributed by atoms with van der Waals surface area (Å²) >= 11 is 7.09. The van der Waals surface area contributed by atoms with Gasteiger partial charge >= 0.3 is 0 Å². The van der Waals surface area contributed by atoms with E-state index in [-0.39, 0.29) is 11.7 Å². The van der Waals surface area contributed by atoms with Crippen LogP contribution in [0.4, 0.5) is 0 Å². The molecule has 0 atom stereocenters. The highest BCUT2D eigenvalue weighted by atomic mass is 35.5. The van der Waals surface area contributed by atoms with E-state index in [0.717, 1.165) is 11.1 Å². The summed E-state index contributed by atoms with van der Waals surface area (Å²) in [4.78, 5) is 15.8. The van der Waals surface area contributed by atoms with Gasteiger partial charge in [0, 0.05) is 29.5 Å². The number of amides is 1. The molecule has 1 amide bonds. The van der Waals surface area contributed by atoms with Crippen LogP contribution in [0, 0.1) is 0 Å². The van der Waals surface area contributed by atoms with E-state index in [2.05, 4.69) is 20.5 Å². The van der Waals surface area contributed by atoms with Crippen molar-refractivity contribution in [1.29, 1.82) is 0 Å². The molecule has 2 heterocycles. The number of rotatable bonds is 6. The number of thioether (sulfide) groups is 1. The van der Waals surface area contributed by atoms with Crippen molar-refractivity contribution in [3.63, 3.8) is 0 Å². The number of benzene rings is 1. The molecule has 0 aliphatic carbocycles. The number of nitrogens with zero attached hydrogens (tertiary/aromatic N) is 3. The fourth-order valence-corrected chi connectivity index (χ4v) is 2.71. The molecule has 0 bridgehead atoms. The molecule has 122 valence electrons. The molecule has 1 N–H and O–H groups in total. The maximum atomic E-state index is 11.9. The third-order valence-corrected chi connectivity index (χ3v) is 4.09. The summed E-state index contributed by atoms with van der Waals surface area (Å²) in [5, 5.41) is 11.7. The maximum Gasteiger partial charge on any atom is 0.277 e. The Morgan fingerprint density at radius 2 is 2.04 bits per heavy atom. The van der Waals surface area contributed by atoms with E-state index >= 15 is 0 Å². The number of aromatic nitrogens is 3. The van der Waals surface area contributed by atoms with E-state index in [0.29, 0.717) is 22.7 Å². The van der Waals surface area contributed by atoms with Crippen molar-refractivity contribution in [3.8, 4) is 11.5 Å². The molecule has 0 saturated heterocycles. The fraction of sp³-hybridized carbons (Fsp3) is 0.125. The summed E-state index contributed by atoms with van der Waals surface area (Å²) in [7, 11) is 0. The molecule has 6 nitrogen and oxygen atoms in total. The van der Waals surface area contributed by atoms with Gasteiger partial charge in [-0.2, -0.15) is 0 Å². The lowest BCUT2D eigenvalue weighted by Gasteiger charge is -2.04. The summed E-state index contributed by atoms with van der Waals surface area (Å²) in [6.45, 7) is 0.423. The number of pyridine rings is 1. The minimum Gasteiger partial charge on any atom is -0.411 e. The predicted molar refractivity (Wildman–Crippen MR) is 91.6 cm³/mol. The first-order valence-corrected chi connectivity index (χ1v) is 8.45. The van der Waals surface area contributed by atoms with Crippen molar-refractivity contribution in [1.82, 2.24) is 20.5 Å². The molecule has 0 aliphatic rings. The van der Waals surface area contributed by atoms with E-state index in [1.165, 1.54) is 11.8 Å². The van der Waals surface area contributed by atoms with Crippen LogP contribution in [0.5, 0.6) is 0 Å². The Bertz CT molecular complexity index is 826. The van der Waals surface area contributed by atoms with Gasteiger partial charge in [-0.05, 0) is 29.8 Å². The molecule has 1 aromatic carbocycles. The van der Waals surface area contributed by atoms with Gasteiger partial charge in [0.2, 0.25) is 11.8 Å². The summed E-state index contributed by atoms with van der Waals surface area (Å²) in [6, 6.07) is 10.9. The van der Waals surface area contributed by atoms with Gasteiger partial charge in [0.1, 0.15) is 0 Å². The van der Waals surface area contributed by atoms with E-state index in [4.69, 9.17) is 16.0 Å². The van der Waals surface area contributed by atoms with Crippen molar-refractivity contribution >= 4 is 29.3 Å². The molecule has 0 saturated carbocycles. The third-order valence-electron chi connectivity index (χ3n) is 3.04. The first-order chi connectivity index (χ1) is 11.7. The Labute approximate surface area is 147 Å². The smallest absolute Gasteiger partial charge is 0.277 e. The second-order valence-electron chi connectivity index (χ2n) is 4.80. The summed E-state index contributed by atoms with van der Waals surface area (Å²) in [5.74, 6) is 0.473. The standard InChI is InChI=1S/C16H13ClN4O2S/c17-13-3-1-2-11(8-13)9-19-14(22)10-24-16-21-20-15(23-16)12-4-6-18-7-5-12/h1-8H,9-10H2,(H,19,22). The molecule has 0 aliphatic heterocycles. The predicted octanol–water partition coefficient (Wildman–Crippen LogP) is 3.19. The summed E-state index contributed by atoms with van der Waals surface area (Å²) in [5.41, 5.74) is 1.73. The van der Waals surface area contributed by atoms with E-state index in [9.17, 15) is 4.79 Å². The van der Waals surface area contributed by atoms with Crippen LogP contribution in [0.25, 0.3) is 11.5 Å². The summed E-state index contributed by atoms with van der Waals surface area (Å²) in [6.07, 6.45) is 3.30. The second-order valence-corrected chi connectivity index (χ2v) is 6.17. The zero-order chi connectivity index (χ0) is 16.8. The lowest BCUT2D eigenvalue weighted by atomic mass is 10.2. The van der Waals surface area contributed by atoms with Crippen LogP contribution in [0.2, 0.25) is 5.02 Å². The Morgan fingerprint density at radius 1 is 1.21 bits per heavy atom. The number of carbonyl (C=O) groups excluding carboxylic acids is 1. The van der Waals surface area contributed by atoms with Gasteiger partial charge in [-0.25, -0.2) is 0 Å². The average molecular weight is 361 g/mol. The van der Waals surface area contributed by atoms with Crippen LogP contribution >= 0.6 is 23.4 Å². The van der Waals surface area contributed by atoms with Crippen molar-refractivity contribution in [2.24, 2.45) is 0 Å². The topological polar surface area (TPSA) is 80.9 Å². The fourth-order valence-electron chi connectivity index (χ4n) is 1.91. The van der Waals surface area contributed by atoms with Crippen LogP contribution in [0.3, 0.4) is 0 Å². The number of hydrogen-bond donors (Lipinski definition) is 1. The van der Waals surface area contributed by atoms with Crippen molar-refractivity contribution in [3.05, 3.63) is 59.4 Å². The second kappa shape index (κ2) is 7.94. The molecular formula is C16H13ClN4O2S. The highest BCUT2D eigenvalue weighted by Gasteiger charge is 2.11. The SMILES string of the molecule is O=C(CSc1nnc(-c2ccncc2)o1)NCc1cccc(Cl)c1. The molecule has 0 radical (unpaired) electrons. The van der Waals surface area contributed by atoms with Crippen molar-refractivity contribution in [2.45, 2.75) is 11.8 Å². The Balaban J connectivity index is 1.49. The first-order valence-electron chi connectivity index (χ1n) is 7.08. The average Bonchev–Trinajstić information content (AvgIpc) is 3.08. The van der Waals surface area contributed by atoms with E-state index in [1.807, 2.05) is 18.2 Å². The first kappa shape index (κ1) is 16.5. The van der Waals surface area contributed by atoms with Crippen LogP contribution in [0.15, 0.2) is 58.4 Å². The highest BCUT2D eigenvalue weighted by Crippen LogP contribution is 2.22. The number of carbonyl (C=O) groups is 1. The van der Waals surface area contributed by atoms with Gasteiger partial charge in [0.25, 0.3) is 5.22 Å². The zero-order valence-corrected chi connectivity index (χ0v) is 14.0. The monoisotopic (exact) mass is 360 g/mol. The van der Waals surface area contributed by atoms with Gasteiger partial charge in [-0.15, -0.1) is 10.2 Å². The summed E-state index contributed by atoms with van der Waals surface area (Å²) < 4.78 is 5.51. The Morgan fingerprint density at radius 3 is 2.83 bits per heavy atom. The normalized spacial score (nSPS) is 10.5. The van der Waals surface area contributed by atoms with Gasteiger partial charge < -0.3 is 9.73 Å². The molecular weight excluding hydrogens is 348 g/mol. The van der Waals surface area contributed by atoms with Crippen LogP contribution < -0.4 is 5.32 Å². The molecule has 8 heteroatoms. The molecule has 0 fully saturated rings. The van der Waals surface area contributed by atoms with Crippen LogP contribution in [-0.2, 0) is 11.3 Å². The lowest BCUT2D eigenvalue weighted by Crippen LogP contribution is -2.24. The van der Waals surface area contributed by atoms with Crippen LogP contribution in [0.1, 0.15) is 5.56 Å². The number of hydrogen-bond acceptors (Lipinski definition) is 6. The van der Waals surface area contributed by atoms with Gasteiger partial charge in [0.15, 0.2) is 0 Å². The van der Waals surface area contributed by atoms with E-state index < -0.39 is 0 Å². The molecule has 2 aromatic heterocycles. The minimum absolute atomic E-state index is 0.122. The third kappa shape index (κ3) is 4.56. The van der Waals surface area contributed by atoms with Gasteiger partial charge in [-0.1, -0.05) is 35.5 Å². The largest absolute Gasteiger partial charge is 0.411 e. The van der Waals surface area contributed by atoms with Gasteiger partial charge in [0.05, 0.1) is 5.75 Å². The molecule has 3 aromatic rings. The van der Waals surface area contributed by atoms with Crippen LogP contribution in [-0.4, -0.2) is 26.8 Å². The highest BCUT2D eigenvalue weighted by molar-refractivity contribution is 7.99. The van der Waals surface area contributed by atoms with Gasteiger partial charge in [-0.3, -0.25) is 9.78 Å². The zero-order valence-electron chi connectivity index (χ0n) is 12.5. The Kier molecular flexibility index (Phi) is 5.45. The van der Waals surface area contributed by atoms with E-state index in [1.54, 1.807) is 30.6 Å². The number of nitrogens with one attached hydrogen (secondary N) is 1. The maximum absolute atomic E-state index is 11.9.